The van der Waals surface area contributed by atoms with Crippen LogP contribution in [0.2, 0.25) is 0 Å². The molecule has 0 aromatic heterocycles. The fourth-order valence-corrected chi connectivity index (χ4v) is 1.22. The van der Waals surface area contributed by atoms with Gasteiger partial charge in [-0.1, -0.05) is 12.7 Å². The van der Waals surface area contributed by atoms with Gasteiger partial charge >= 0.3 is 0 Å². The molecule has 0 spiro atoms. The zero-order valence-corrected chi connectivity index (χ0v) is 10.3. The predicted octanol–water partition coefficient (Wildman–Crippen LogP) is 3.91. The summed E-state index contributed by atoms with van der Waals surface area (Å²) in [7, 11) is 0. The van der Waals surface area contributed by atoms with E-state index in [9.17, 15) is 0 Å². The lowest BCUT2D eigenvalue weighted by atomic mass is 10.0. The largest absolute Gasteiger partial charge is 0.306 e. The van der Waals surface area contributed by atoms with E-state index >= 15 is 0 Å². The average Bonchev–Trinajstić information content (AvgIpc) is 2.11. The van der Waals surface area contributed by atoms with Crippen molar-refractivity contribution in [1.82, 2.24) is 0 Å². The third kappa shape index (κ3) is 5.11. The highest BCUT2D eigenvalue weighted by Gasteiger charge is 2.04. The van der Waals surface area contributed by atoms with Crippen LogP contribution in [0.25, 0.3) is 0 Å². The molecule has 1 N–H and O–H groups in total. The van der Waals surface area contributed by atoms with Crippen LogP contribution in [-0.2, 0) is 0 Å². The summed E-state index contributed by atoms with van der Waals surface area (Å²) in [6.45, 7) is 13.3. The minimum atomic E-state index is 0.530. The summed E-state index contributed by atoms with van der Waals surface area (Å²) in [6, 6.07) is 0. The van der Waals surface area contributed by atoms with Gasteiger partial charge < -0.3 is 5.41 Å². The van der Waals surface area contributed by atoms with Crippen LogP contribution in [0.15, 0.2) is 40.6 Å². The van der Waals surface area contributed by atoms with Crippen molar-refractivity contribution < 1.29 is 0 Å². The summed E-state index contributed by atoms with van der Waals surface area (Å²) in [5.74, 6) is 0. The summed E-state index contributed by atoms with van der Waals surface area (Å²) in [4.78, 5) is 4.32. The summed E-state index contributed by atoms with van der Waals surface area (Å²) >= 11 is 0. The Kier molecular flexibility index (Phi) is 5.53. The molecule has 0 atom stereocenters. The fourth-order valence-electron chi connectivity index (χ4n) is 1.22. The van der Waals surface area contributed by atoms with E-state index < -0.39 is 0 Å². The van der Waals surface area contributed by atoms with Crippen molar-refractivity contribution in [2.24, 2.45) is 4.99 Å². The van der Waals surface area contributed by atoms with Gasteiger partial charge in [-0.15, -0.1) is 0 Å². The van der Waals surface area contributed by atoms with Gasteiger partial charge in [0.2, 0.25) is 0 Å². The third-order valence-corrected chi connectivity index (χ3v) is 1.97. The maximum atomic E-state index is 7.49. The van der Waals surface area contributed by atoms with Crippen molar-refractivity contribution in [2.45, 2.75) is 34.6 Å². The Balaban J connectivity index is 5.32. The number of allylic oxidation sites excluding steroid dienone is 5. The molecule has 0 aliphatic carbocycles. The molecule has 0 amide bonds. The first-order chi connectivity index (χ1) is 6.88. The van der Waals surface area contributed by atoms with Crippen molar-refractivity contribution in [3.63, 3.8) is 0 Å². The number of nitrogens with zero attached hydrogens (tertiary/aromatic N) is 1. The first kappa shape index (κ1) is 13.6. The zero-order chi connectivity index (χ0) is 12.0. The second-order valence-corrected chi connectivity index (χ2v) is 3.65. The molecule has 0 radical (unpaired) electrons. The van der Waals surface area contributed by atoms with Crippen LogP contribution in [0.3, 0.4) is 0 Å². The molecule has 82 valence electrons. The molecule has 2 nitrogen and oxygen atoms in total. The molecule has 0 unspecified atom stereocenters. The smallest absolute Gasteiger partial charge is 0.0451 e. The minimum Gasteiger partial charge on any atom is -0.306 e. The average molecular weight is 204 g/mol. The van der Waals surface area contributed by atoms with E-state index in [2.05, 4.69) is 11.6 Å². The molecule has 0 saturated heterocycles. The number of nitrogens with one attached hydrogen (secondary N) is 1. The van der Waals surface area contributed by atoms with Crippen LogP contribution in [0.4, 0.5) is 0 Å². The van der Waals surface area contributed by atoms with E-state index in [4.69, 9.17) is 5.41 Å². The third-order valence-electron chi connectivity index (χ3n) is 1.97. The number of rotatable bonds is 4. The lowest BCUT2D eigenvalue weighted by molar-refractivity contribution is 1.30. The van der Waals surface area contributed by atoms with E-state index in [1.165, 1.54) is 0 Å². The molecule has 0 fully saturated rings. The van der Waals surface area contributed by atoms with E-state index in [0.717, 1.165) is 22.6 Å². The molecule has 0 aromatic rings. The van der Waals surface area contributed by atoms with Gasteiger partial charge in [-0.05, 0) is 46.3 Å². The predicted molar refractivity (Wildman–Crippen MR) is 68.8 cm³/mol. The summed E-state index contributed by atoms with van der Waals surface area (Å²) in [5.41, 5.74) is 4.36. The number of hydrogen-bond acceptors (Lipinski definition) is 2. The summed E-state index contributed by atoms with van der Waals surface area (Å²) < 4.78 is 0. The first-order valence-corrected chi connectivity index (χ1v) is 4.99. The normalized spacial score (nSPS) is 14.1. The molecular formula is C13H20N2. The van der Waals surface area contributed by atoms with Crippen LogP contribution in [0.5, 0.6) is 0 Å². The van der Waals surface area contributed by atoms with Crippen LogP contribution in [0, 0.1) is 5.41 Å². The van der Waals surface area contributed by atoms with Gasteiger partial charge in [-0.2, -0.15) is 0 Å². The molecule has 0 aromatic carbocycles. The number of hydrogen-bond donors (Lipinski definition) is 1. The maximum Gasteiger partial charge on any atom is 0.0451 e. The molecule has 15 heavy (non-hydrogen) atoms. The van der Waals surface area contributed by atoms with Gasteiger partial charge in [0, 0.05) is 22.7 Å². The van der Waals surface area contributed by atoms with Gasteiger partial charge in [-0.25, -0.2) is 0 Å². The Hall–Kier alpha value is -1.44. The minimum absolute atomic E-state index is 0.530. The highest BCUT2D eigenvalue weighted by molar-refractivity contribution is 6.08. The summed E-state index contributed by atoms with van der Waals surface area (Å²) in [6.07, 6.45) is 3.85. The number of aliphatic imine (C=N–C) groups is 1. The Labute approximate surface area is 92.6 Å². The van der Waals surface area contributed by atoms with E-state index in [1.807, 2.05) is 39.8 Å². The monoisotopic (exact) mass is 204 g/mol. The van der Waals surface area contributed by atoms with Crippen molar-refractivity contribution >= 4 is 11.4 Å². The molecule has 0 aliphatic rings. The standard InChI is InChI=1S/C13H20N2/c1-7-10(4)13(8-11(5)14)12(6)15-9(2)3/h7-8,14H,2H2,1,3-6H3/b10-7-,13-8+,14-11?,15-12?. The quantitative estimate of drug-likeness (QED) is 0.532. The second-order valence-electron chi connectivity index (χ2n) is 3.65. The highest BCUT2D eigenvalue weighted by Crippen LogP contribution is 2.13. The van der Waals surface area contributed by atoms with Gasteiger partial charge in [0.15, 0.2) is 0 Å². The molecule has 0 heterocycles. The maximum absolute atomic E-state index is 7.49. The molecule has 0 bridgehead atoms. The van der Waals surface area contributed by atoms with E-state index in [1.54, 1.807) is 6.92 Å². The Bertz CT molecular complexity index is 355. The van der Waals surface area contributed by atoms with E-state index in [0.29, 0.717) is 5.71 Å². The van der Waals surface area contributed by atoms with Crippen LogP contribution >= 0.6 is 0 Å². The van der Waals surface area contributed by atoms with Crippen LogP contribution < -0.4 is 0 Å². The van der Waals surface area contributed by atoms with Crippen LogP contribution in [0.1, 0.15) is 34.6 Å². The Morgan fingerprint density at radius 3 is 2.07 bits per heavy atom. The summed E-state index contributed by atoms with van der Waals surface area (Å²) in [5, 5.41) is 7.49. The molecule has 0 saturated carbocycles. The fraction of sp³-hybridized carbons (Fsp3) is 0.385. The lowest BCUT2D eigenvalue weighted by Gasteiger charge is -2.07. The van der Waals surface area contributed by atoms with Crippen molar-refractivity contribution in [1.29, 1.82) is 5.41 Å². The van der Waals surface area contributed by atoms with Gasteiger partial charge in [0.25, 0.3) is 0 Å². The molecule has 0 rings (SSSR count). The van der Waals surface area contributed by atoms with Gasteiger partial charge in [0.05, 0.1) is 0 Å². The van der Waals surface area contributed by atoms with Gasteiger partial charge in [-0.3, -0.25) is 4.99 Å². The zero-order valence-electron chi connectivity index (χ0n) is 10.3. The first-order valence-electron chi connectivity index (χ1n) is 4.99. The van der Waals surface area contributed by atoms with Gasteiger partial charge in [0.1, 0.15) is 0 Å². The SMILES string of the molecule is C=C(C)N=C(C)C(=C/C(C)=N)/C(C)=C\C. The highest BCUT2D eigenvalue weighted by atomic mass is 14.7. The second kappa shape index (κ2) is 6.12. The van der Waals surface area contributed by atoms with Crippen molar-refractivity contribution in [3.8, 4) is 0 Å². The topological polar surface area (TPSA) is 36.2 Å². The van der Waals surface area contributed by atoms with E-state index in [-0.39, 0.29) is 0 Å². The van der Waals surface area contributed by atoms with Crippen LogP contribution in [-0.4, -0.2) is 11.4 Å². The van der Waals surface area contributed by atoms with Crippen molar-refractivity contribution in [3.05, 3.63) is 35.6 Å². The molecule has 0 aliphatic heterocycles. The Morgan fingerprint density at radius 1 is 1.20 bits per heavy atom. The Morgan fingerprint density at radius 2 is 1.73 bits per heavy atom. The molecular weight excluding hydrogens is 184 g/mol. The molecule has 2 heteroatoms. The van der Waals surface area contributed by atoms with Crippen molar-refractivity contribution in [2.75, 3.05) is 0 Å². The lowest BCUT2D eigenvalue weighted by Crippen LogP contribution is -2.02.